The Morgan fingerprint density at radius 2 is 2.31 bits per heavy atom. The van der Waals surface area contributed by atoms with Gasteiger partial charge < -0.3 is 5.32 Å². The van der Waals surface area contributed by atoms with E-state index in [-0.39, 0.29) is 11.8 Å². The second kappa shape index (κ2) is 5.56. The summed E-state index contributed by atoms with van der Waals surface area (Å²) in [5.74, 6) is -0.103. The van der Waals surface area contributed by atoms with Gasteiger partial charge in [-0.25, -0.2) is 0 Å². The second-order valence-electron chi connectivity index (χ2n) is 3.71. The van der Waals surface area contributed by atoms with Gasteiger partial charge in [-0.05, 0) is 23.9 Å². The summed E-state index contributed by atoms with van der Waals surface area (Å²) in [7, 11) is 0. The van der Waals surface area contributed by atoms with Crippen LogP contribution in [0.1, 0.15) is 48.5 Å². The summed E-state index contributed by atoms with van der Waals surface area (Å²) >= 11 is 1.07. The lowest BCUT2D eigenvalue weighted by Gasteiger charge is -2.09. The third-order valence-corrected chi connectivity index (χ3v) is 2.88. The topological polar surface area (TPSA) is 78.7 Å². The first-order valence-electron chi connectivity index (χ1n) is 5.12. The van der Waals surface area contributed by atoms with Crippen molar-refractivity contribution in [2.24, 2.45) is 0 Å². The highest BCUT2D eigenvalue weighted by molar-refractivity contribution is 7.08. The fourth-order valence-electron chi connectivity index (χ4n) is 1.18. The van der Waals surface area contributed by atoms with Crippen molar-refractivity contribution < 1.29 is 4.79 Å². The van der Waals surface area contributed by atoms with Crippen LogP contribution in [-0.2, 0) is 0 Å². The highest BCUT2D eigenvalue weighted by Crippen LogP contribution is 2.19. The van der Waals surface area contributed by atoms with Crippen LogP contribution in [0.25, 0.3) is 0 Å². The van der Waals surface area contributed by atoms with E-state index in [1.54, 1.807) is 0 Å². The molecule has 1 atom stereocenters. The van der Waals surface area contributed by atoms with Crippen molar-refractivity contribution in [3.63, 3.8) is 0 Å². The monoisotopic (exact) mass is 238 g/mol. The molecular weight excluding hydrogens is 224 g/mol. The van der Waals surface area contributed by atoms with Crippen molar-refractivity contribution >= 4 is 17.4 Å². The Balaban J connectivity index is 2.81. The number of nitriles is 1. The quantitative estimate of drug-likeness (QED) is 0.865. The van der Waals surface area contributed by atoms with E-state index in [0.717, 1.165) is 11.5 Å². The van der Waals surface area contributed by atoms with Gasteiger partial charge in [-0.1, -0.05) is 25.3 Å². The van der Waals surface area contributed by atoms with Crippen LogP contribution in [0, 0.1) is 11.3 Å². The molecule has 1 aromatic heterocycles. The average molecular weight is 238 g/mol. The Hall–Kier alpha value is -1.48. The van der Waals surface area contributed by atoms with Crippen LogP contribution in [0.3, 0.4) is 0 Å². The minimum absolute atomic E-state index is 0.154. The Morgan fingerprint density at radius 1 is 1.62 bits per heavy atom. The molecule has 0 bridgehead atoms. The zero-order valence-corrected chi connectivity index (χ0v) is 10.3. The maximum absolute atomic E-state index is 11.8. The maximum Gasteiger partial charge on any atom is 0.265 e. The standard InChI is InChI=1S/C10H14N4OS/c1-4-7(5-11)12-10(15)9-8(6(2)3)13-14-16-9/h6-7H,4H2,1-3H3,(H,12,15). The molecule has 0 aliphatic rings. The fraction of sp³-hybridized carbons (Fsp3) is 0.600. The van der Waals surface area contributed by atoms with Crippen molar-refractivity contribution in [1.82, 2.24) is 14.9 Å². The largest absolute Gasteiger partial charge is 0.335 e. The molecule has 1 rings (SSSR count). The minimum Gasteiger partial charge on any atom is -0.335 e. The molecular formula is C10H14N4OS. The molecule has 0 aliphatic carbocycles. The summed E-state index contributed by atoms with van der Waals surface area (Å²) in [5, 5.41) is 15.3. The molecule has 5 nitrogen and oxygen atoms in total. The van der Waals surface area contributed by atoms with Crippen LogP contribution in [0.5, 0.6) is 0 Å². The molecule has 1 amide bonds. The summed E-state index contributed by atoms with van der Waals surface area (Å²) in [6, 6.07) is 1.58. The lowest BCUT2D eigenvalue weighted by molar-refractivity contribution is 0.0947. The molecule has 16 heavy (non-hydrogen) atoms. The Labute approximate surface area is 98.6 Å². The van der Waals surface area contributed by atoms with Gasteiger partial charge in [-0.15, -0.1) is 5.10 Å². The fourth-order valence-corrected chi connectivity index (χ4v) is 1.90. The number of hydrogen-bond donors (Lipinski definition) is 1. The number of amides is 1. The van der Waals surface area contributed by atoms with E-state index in [1.807, 2.05) is 26.8 Å². The van der Waals surface area contributed by atoms with E-state index < -0.39 is 6.04 Å². The van der Waals surface area contributed by atoms with E-state index in [4.69, 9.17) is 5.26 Å². The molecule has 1 aromatic rings. The third kappa shape index (κ3) is 2.76. The van der Waals surface area contributed by atoms with E-state index in [9.17, 15) is 4.79 Å². The summed E-state index contributed by atoms with van der Waals surface area (Å²) < 4.78 is 3.77. The first-order chi connectivity index (χ1) is 7.60. The summed E-state index contributed by atoms with van der Waals surface area (Å²) in [6.07, 6.45) is 0.589. The van der Waals surface area contributed by atoms with E-state index >= 15 is 0 Å². The number of aromatic nitrogens is 2. The number of nitrogens with one attached hydrogen (secondary N) is 1. The van der Waals surface area contributed by atoms with Gasteiger partial charge in [0, 0.05) is 0 Å². The van der Waals surface area contributed by atoms with E-state index in [0.29, 0.717) is 17.0 Å². The highest BCUT2D eigenvalue weighted by Gasteiger charge is 2.20. The molecule has 1 unspecified atom stereocenters. The van der Waals surface area contributed by atoms with Crippen LogP contribution in [0.2, 0.25) is 0 Å². The van der Waals surface area contributed by atoms with Crippen LogP contribution in [0.4, 0.5) is 0 Å². The summed E-state index contributed by atoms with van der Waals surface area (Å²) in [5.41, 5.74) is 0.690. The normalized spacial score (nSPS) is 12.2. The highest BCUT2D eigenvalue weighted by atomic mass is 32.1. The molecule has 0 fully saturated rings. The second-order valence-corrected chi connectivity index (χ2v) is 4.46. The average Bonchev–Trinajstić information content (AvgIpc) is 2.74. The maximum atomic E-state index is 11.8. The van der Waals surface area contributed by atoms with Crippen molar-refractivity contribution in [3.05, 3.63) is 10.6 Å². The Morgan fingerprint density at radius 3 is 2.81 bits per heavy atom. The molecule has 0 saturated carbocycles. The van der Waals surface area contributed by atoms with Gasteiger partial charge in [0.2, 0.25) is 0 Å². The summed E-state index contributed by atoms with van der Waals surface area (Å²) in [6.45, 7) is 5.76. The van der Waals surface area contributed by atoms with Crippen molar-refractivity contribution in [3.8, 4) is 6.07 Å². The molecule has 0 aliphatic heterocycles. The van der Waals surface area contributed by atoms with Crippen molar-refractivity contribution in [2.75, 3.05) is 0 Å². The molecule has 1 N–H and O–H groups in total. The molecule has 6 heteroatoms. The first kappa shape index (κ1) is 12.6. The molecule has 0 spiro atoms. The predicted molar refractivity (Wildman–Crippen MR) is 61.2 cm³/mol. The third-order valence-electron chi connectivity index (χ3n) is 2.14. The molecule has 0 saturated heterocycles. The zero-order chi connectivity index (χ0) is 12.1. The summed E-state index contributed by atoms with van der Waals surface area (Å²) in [4.78, 5) is 12.3. The lowest BCUT2D eigenvalue weighted by atomic mass is 10.1. The number of rotatable bonds is 4. The van der Waals surface area contributed by atoms with Crippen molar-refractivity contribution in [2.45, 2.75) is 39.2 Å². The van der Waals surface area contributed by atoms with Crippen LogP contribution in [0.15, 0.2) is 0 Å². The first-order valence-corrected chi connectivity index (χ1v) is 5.90. The lowest BCUT2D eigenvalue weighted by Crippen LogP contribution is -2.33. The minimum atomic E-state index is -0.449. The Bertz CT molecular complexity index is 407. The molecule has 0 radical (unpaired) electrons. The number of nitrogens with zero attached hydrogens (tertiary/aromatic N) is 3. The number of hydrogen-bond acceptors (Lipinski definition) is 5. The predicted octanol–water partition coefficient (Wildman–Crippen LogP) is 1.69. The Kier molecular flexibility index (Phi) is 4.38. The van der Waals surface area contributed by atoms with E-state index in [2.05, 4.69) is 14.9 Å². The van der Waals surface area contributed by atoms with Gasteiger partial charge in [0.25, 0.3) is 5.91 Å². The SMILES string of the molecule is CCC(C#N)NC(=O)c1snnc1C(C)C. The smallest absolute Gasteiger partial charge is 0.265 e. The van der Waals surface area contributed by atoms with Gasteiger partial charge >= 0.3 is 0 Å². The van der Waals surface area contributed by atoms with Gasteiger partial charge in [0.05, 0.1) is 11.8 Å². The van der Waals surface area contributed by atoms with Crippen LogP contribution < -0.4 is 5.32 Å². The number of carbonyl (C=O) groups excluding carboxylic acids is 1. The van der Waals surface area contributed by atoms with Gasteiger partial charge in [-0.2, -0.15) is 5.26 Å². The molecule has 0 aromatic carbocycles. The van der Waals surface area contributed by atoms with Crippen LogP contribution in [-0.4, -0.2) is 21.5 Å². The van der Waals surface area contributed by atoms with Gasteiger partial charge in [0.15, 0.2) is 0 Å². The van der Waals surface area contributed by atoms with Gasteiger partial charge in [-0.3, -0.25) is 4.79 Å². The van der Waals surface area contributed by atoms with Crippen molar-refractivity contribution in [1.29, 1.82) is 5.26 Å². The molecule has 1 heterocycles. The molecule has 86 valence electrons. The van der Waals surface area contributed by atoms with Gasteiger partial charge in [0.1, 0.15) is 10.9 Å². The van der Waals surface area contributed by atoms with Crippen LogP contribution >= 0.6 is 11.5 Å². The zero-order valence-electron chi connectivity index (χ0n) is 9.52. The van der Waals surface area contributed by atoms with E-state index in [1.165, 1.54) is 0 Å². The number of carbonyl (C=O) groups is 1.